The molecule has 0 saturated carbocycles. The molecule has 3 N–H and O–H groups in total. The van der Waals surface area contributed by atoms with Gasteiger partial charge in [-0.2, -0.15) is 4.52 Å². The number of hydrogen-bond donors (Lipinski definition) is 3. The maximum atomic E-state index is 12.7. The molecule has 3 aromatic carbocycles. The molecule has 1 fully saturated rings. The molecule has 0 spiro atoms. The summed E-state index contributed by atoms with van der Waals surface area (Å²) < 4.78 is 7.05. The summed E-state index contributed by atoms with van der Waals surface area (Å²) in [6.07, 6.45) is 1.92. The topological polar surface area (TPSA) is 105 Å². The predicted octanol–water partition coefficient (Wildman–Crippen LogP) is 4.63. The van der Waals surface area contributed by atoms with E-state index >= 15 is 0 Å². The molecule has 0 radical (unpaired) electrons. The molecule has 1 saturated heterocycles. The Morgan fingerprint density at radius 2 is 1.81 bits per heavy atom. The number of rotatable bonds is 6. The number of aromatic nitrogens is 4. The normalized spacial score (nSPS) is 15.5. The maximum Gasteiger partial charge on any atom is 0.228 e. The Hall–Kier alpha value is -4.50. The molecule has 1 aliphatic rings. The summed E-state index contributed by atoms with van der Waals surface area (Å²) >= 11 is 0. The summed E-state index contributed by atoms with van der Waals surface area (Å²) in [5.74, 6) is 2.10. The molecule has 1 amide bonds. The van der Waals surface area contributed by atoms with Crippen LogP contribution in [0.1, 0.15) is 12.8 Å². The zero-order valence-corrected chi connectivity index (χ0v) is 20.4. The highest BCUT2D eigenvalue weighted by Gasteiger charge is 2.21. The first kappa shape index (κ1) is 22.9. The number of anilines is 3. The van der Waals surface area contributed by atoms with E-state index in [1.54, 1.807) is 11.6 Å². The molecule has 1 aliphatic heterocycles. The zero-order valence-electron chi connectivity index (χ0n) is 20.4. The van der Waals surface area contributed by atoms with Crippen LogP contribution < -0.4 is 20.7 Å². The Balaban J connectivity index is 1.35. The summed E-state index contributed by atoms with van der Waals surface area (Å²) in [6, 6.07) is 23.3. The van der Waals surface area contributed by atoms with Crippen molar-refractivity contribution in [2.75, 3.05) is 30.8 Å². The Bertz CT molecular complexity index is 1570. The van der Waals surface area contributed by atoms with E-state index < -0.39 is 0 Å². The Labute approximate surface area is 213 Å². The van der Waals surface area contributed by atoms with Crippen molar-refractivity contribution < 1.29 is 9.53 Å². The molecule has 5 aromatic rings. The number of hydrogen-bond acceptors (Lipinski definition) is 7. The second-order valence-electron chi connectivity index (χ2n) is 9.12. The van der Waals surface area contributed by atoms with Gasteiger partial charge >= 0.3 is 0 Å². The Morgan fingerprint density at radius 3 is 2.59 bits per heavy atom. The van der Waals surface area contributed by atoms with Crippen molar-refractivity contribution in [3.05, 3.63) is 72.8 Å². The number of ether oxygens (including phenoxy) is 1. The molecule has 1 unspecified atom stereocenters. The van der Waals surface area contributed by atoms with Gasteiger partial charge in [0.1, 0.15) is 5.75 Å². The van der Waals surface area contributed by atoms with Crippen LogP contribution in [0.2, 0.25) is 0 Å². The highest BCUT2D eigenvalue weighted by atomic mass is 16.5. The van der Waals surface area contributed by atoms with Crippen molar-refractivity contribution in [1.82, 2.24) is 25.1 Å². The molecule has 9 heteroatoms. The van der Waals surface area contributed by atoms with Crippen molar-refractivity contribution >= 4 is 39.5 Å². The molecule has 3 heterocycles. The largest absolute Gasteiger partial charge is 0.497 e. The minimum absolute atomic E-state index is 0.0106. The van der Waals surface area contributed by atoms with Crippen molar-refractivity contribution in [3.8, 4) is 17.1 Å². The van der Waals surface area contributed by atoms with Crippen molar-refractivity contribution in [3.63, 3.8) is 0 Å². The van der Waals surface area contributed by atoms with Gasteiger partial charge in [-0.1, -0.05) is 30.3 Å². The van der Waals surface area contributed by atoms with Crippen LogP contribution >= 0.6 is 0 Å². The predicted molar refractivity (Wildman–Crippen MR) is 144 cm³/mol. The lowest BCUT2D eigenvalue weighted by atomic mass is 9.99. The number of fused-ring (bicyclic) bond motifs is 3. The van der Waals surface area contributed by atoms with Gasteiger partial charge in [0.05, 0.1) is 13.0 Å². The number of carbonyl (C=O) groups excluding carboxylic acids is 1. The van der Waals surface area contributed by atoms with Crippen LogP contribution in [0.5, 0.6) is 5.75 Å². The fourth-order valence-electron chi connectivity index (χ4n) is 4.72. The molecule has 37 heavy (non-hydrogen) atoms. The van der Waals surface area contributed by atoms with Crippen LogP contribution in [0.25, 0.3) is 27.8 Å². The third kappa shape index (κ3) is 4.56. The minimum atomic E-state index is -0.0106. The summed E-state index contributed by atoms with van der Waals surface area (Å²) in [5, 5.41) is 25.4. The number of nitrogens with one attached hydrogen (secondary N) is 3. The van der Waals surface area contributed by atoms with Gasteiger partial charge in [0.25, 0.3) is 0 Å². The number of amides is 1. The molecule has 2 aromatic heterocycles. The Morgan fingerprint density at radius 1 is 1.00 bits per heavy atom. The van der Waals surface area contributed by atoms with Gasteiger partial charge in [-0.15, -0.1) is 15.3 Å². The van der Waals surface area contributed by atoms with E-state index in [2.05, 4.69) is 26.1 Å². The standard InChI is InChI=1S/C28H27N7O2/c1-37-22-13-11-18(12-14-22)26-32-33-27-24-10-3-2-9-23(24)25(34-35(26)27)30-20-7-4-8-21(16-20)31-28(36)19-6-5-15-29-17-19/h2-4,7-14,16,19,29H,5-6,15,17H2,1H3,(H,30,34)(H,31,36). The van der Waals surface area contributed by atoms with Crippen molar-refractivity contribution in [2.24, 2.45) is 5.92 Å². The van der Waals surface area contributed by atoms with E-state index in [1.807, 2.05) is 72.8 Å². The van der Waals surface area contributed by atoms with E-state index in [1.165, 1.54) is 0 Å². The second-order valence-corrected chi connectivity index (χ2v) is 9.12. The summed E-state index contributed by atoms with van der Waals surface area (Å²) in [7, 11) is 1.64. The lowest BCUT2D eigenvalue weighted by molar-refractivity contribution is -0.120. The van der Waals surface area contributed by atoms with Crippen LogP contribution in [-0.2, 0) is 4.79 Å². The third-order valence-corrected chi connectivity index (χ3v) is 6.67. The highest BCUT2D eigenvalue weighted by molar-refractivity contribution is 6.01. The van der Waals surface area contributed by atoms with Crippen LogP contribution in [0, 0.1) is 5.92 Å². The number of piperidine rings is 1. The second kappa shape index (κ2) is 9.87. The minimum Gasteiger partial charge on any atom is -0.497 e. The van der Waals surface area contributed by atoms with Gasteiger partial charge in [-0.05, 0) is 61.9 Å². The monoisotopic (exact) mass is 493 g/mol. The smallest absolute Gasteiger partial charge is 0.228 e. The molecule has 1 atom stereocenters. The van der Waals surface area contributed by atoms with Gasteiger partial charge in [0, 0.05) is 34.3 Å². The van der Waals surface area contributed by atoms with E-state index in [0.717, 1.165) is 59.4 Å². The van der Waals surface area contributed by atoms with E-state index in [9.17, 15) is 4.79 Å². The average Bonchev–Trinajstić information content (AvgIpc) is 3.38. The van der Waals surface area contributed by atoms with E-state index in [0.29, 0.717) is 17.3 Å². The molecule has 0 aliphatic carbocycles. The van der Waals surface area contributed by atoms with Crippen LogP contribution in [-0.4, -0.2) is 45.9 Å². The SMILES string of the molecule is COc1ccc(-c2nnc3c4ccccc4c(Nc4cccc(NC(=O)C5CCCNC5)c4)nn23)cc1. The van der Waals surface area contributed by atoms with E-state index in [4.69, 9.17) is 9.84 Å². The lowest BCUT2D eigenvalue weighted by Gasteiger charge is -2.22. The van der Waals surface area contributed by atoms with Gasteiger partial charge < -0.3 is 20.7 Å². The first-order valence-electron chi connectivity index (χ1n) is 12.4. The lowest BCUT2D eigenvalue weighted by Crippen LogP contribution is -2.37. The van der Waals surface area contributed by atoms with Gasteiger partial charge in [-0.3, -0.25) is 4.79 Å². The van der Waals surface area contributed by atoms with Gasteiger partial charge in [0.15, 0.2) is 17.3 Å². The molecule has 0 bridgehead atoms. The number of carbonyl (C=O) groups is 1. The summed E-state index contributed by atoms with van der Waals surface area (Å²) in [5.41, 5.74) is 3.11. The fraction of sp³-hybridized carbons (Fsp3) is 0.214. The summed E-state index contributed by atoms with van der Waals surface area (Å²) in [6.45, 7) is 1.69. The van der Waals surface area contributed by atoms with Gasteiger partial charge in [0.2, 0.25) is 5.91 Å². The van der Waals surface area contributed by atoms with Crippen molar-refractivity contribution in [2.45, 2.75) is 12.8 Å². The molecule has 9 nitrogen and oxygen atoms in total. The van der Waals surface area contributed by atoms with Crippen molar-refractivity contribution in [1.29, 1.82) is 0 Å². The van der Waals surface area contributed by atoms with Crippen LogP contribution in [0.15, 0.2) is 72.8 Å². The Kier molecular flexibility index (Phi) is 6.11. The van der Waals surface area contributed by atoms with Crippen LogP contribution in [0.4, 0.5) is 17.2 Å². The van der Waals surface area contributed by atoms with Crippen LogP contribution in [0.3, 0.4) is 0 Å². The zero-order chi connectivity index (χ0) is 25.2. The average molecular weight is 494 g/mol. The van der Waals surface area contributed by atoms with Gasteiger partial charge in [-0.25, -0.2) is 0 Å². The third-order valence-electron chi connectivity index (χ3n) is 6.67. The maximum absolute atomic E-state index is 12.7. The molecule has 186 valence electrons. The molecular formula is C28H27N7O2. The van der Waals surface area contributed by atoms with E-state index in [-0.39, 0.29) is 11.8 Å². The molecular weight excluding hydrogens is 466 g/mol. The number of methoxy groups -OCH3 is 1. The fourth-order valence-corrected chi connectivity index (χ4v) is 4.72. The quantitative estimate of drug-likeness (QED) is 0.317. The molecule has 6 rings (SSSR count). The highest BCUT2D eigenvalue weighted by Crippen LogP contribution is 2.30. The number of benzene rings is 3. The first-order chi connectivity index (χ1) is 18.2. The first-order valence-corrected chi connectivity index (χ1v) is 12.4. The summed E-state index contributed by atoms with van der Waals surface area (Å²) in [4.78, 5) is 12.7. The number of nitrogens with zero attached hydrogens (tertiary/aromatic N) is 4.